The largest absolute Gasteiger partial charge is 0.378 e. The van der Waals surface area contributed by atoms with E-state index in [-0.39, 0.29) is 6.04 Å². The van der Waals surface area contributed by atoms with Gasteiger partial charge in [0.2, 0.25) is 0 Å². The number of aryl methyl sites for hydroxylation is 1. The number of rotatable bonds is 5. The summed E-state index contributed by atoms with van der Waals surface area (Å²) in [6.07, 6.45) is 4.98. The van der Waals surface area contributed by atoms with Gasteiger partial charge < -0.3 is 15.6 Å². The van der Waals surface area contributed by atoms with E-state index in [9.17, 15) is 0 Å². The van der Waals surface area contributed by atoms with Gasteiger partial charge in [0, 0.05) is 43.1 Å². The zero-order chi connectivity index (χ0) is 22.2. The van der Waals surface area contributed by atoms with E-state index in [1.807, 2.05) is 17.9 Å². The quantitative estimate of drug-likeness (QED) is 0.575. The normalized spacial score (nSPS) is 17.8. The lowest BCUT2D eigenvalue weighted by molar-refractivity contribution is 0.281. The van der Waals surface area contributed by atoms with Gasteiger partial charge in [-0.1, -0.05) is 24.3 Å². The van der Waals surface area contributed by atoms with Crippen molar-refractivity contribution < 1.29 is 0 Å². The molecule has 0 spiro atoms. The Morgan fingerprint density at radius 2 is 1.94 bits per heavy atom. The van der Waals surface area contributed by atoms with Gasteiger partial charge in [-0.05, 0) is 62.3 Å². The molecule has 0 saturated heterocycles. The first-order valence-electron chi connectivity index (χ1n) is 11.1. The van der Waals surface area contributed by atoms with Crippen molar-refractivity contribution in [3.8, 4) is 11.1 Å². The molecular weight excluding hydrogens is 398 g/mol. The average molecular weight is 430 g/mol. The van der Waals surface area contributed by atoms with Crippen LogP contribution in [0.1, 0.15) is 36.1 Å². The highest BCUT2D eigenvalue weighted by molar-refractivity contribution is 5.75. The molecular formula is C25H31N7. The van der Waals surface area contributed by atoms with Gasteiger partial charge in [0.25, 0.3) is 0 Å². The van der Waals surface area contributed by atoms with Crippen LogP contribution in [-0.2, 0) is 13.6 Å². The molecule has 0 radical (unpaired) electrons. The molecule has 2 aromatic carbocycles. The average Bonchev–Trinajstić information content (AvgIpc) is 3.33. The first-order chi connectivity index (χ1) is 15.5. The second kappa shape index (κ2) is 8.33. The molecule has 7 heteroatoms. The molecule has 32 heavy (non-hydrogen) atoms. The minimum absolute atomic E-state index is 0.203. The minimum Gasteiger partial charge on any atom is -0.378 e. The van der Waals surface area contributed by atoms with Crippen molar-refractivity contribution in [3.63, 3.8) is 0 Å². The molecule has 166 valence electrons. The summed E-state index contributed by atoms with van der Waals surface area (Å²) in [6.45, 7) is 3.98. The number of nitrogens with one attached hydrogen (secondary N) is 3. The van der Waals surface area contributed by atoms with Crippen molar-refractivity contribution in [3.05, 3.63) is 77.2 Å². The highest BCUT2D eigenvalue weighted by atomic mass is 15.7. The van der Waals surface area contributed by atoms with E-state index in [1.165, 1.54) is 28.0 Å². The number of hydrazine groups is 2. The number of allylic oxidation sites excluding steroid dienone is 1. The Balaban J connectivity index is 1.52. The Bertz CT molecular complexity index is 1140. The molecule has 7 nitrogen and oxygen atoms in total. The molecule has 3 N–H and O–H groups in total. The second-order valence-corrected chi connectivity index (χ2v) is 8.99. The second-order valence-electron chi connectivity index (χ2n) is 8.99. The molecule has 5 rings (SSSR count). The van der Waals surface area contributed by atoms with Crippen molar-refractivity contribution in [2.45, 2.75) is 25.9 Å². The van der Waals surface area contributed by atoms with Gasteiger partial charge in [-0.3, -0.25) is 9.69 Å². The van der Waals surface area contributed by atoms with E-state index in [1.54, 1.807) is 0 Å². The maximum absolute atomic E-state index is 4.36. The number of nitrogens with zero attached hydrogens (tertiary/aromatic N) is 4. The fourth-order valence-corrected chi connectivity index (χ4v) is 4.64. The van der Waals surface area contributed by atoms with Crippen molar-refractivity contribution >= 4 is 11.4 Å². The first-order valence-corrected chi connectivity index (χ1v) is 11.1. The third kappa shape index (κ3) is 3.97. The number of anilines is 1. The fourth-order valence-electron chi connectivity index (χ4n) is 4.64. The summed E-state index contributed by atoms with van der Waals surface area (Å²) in [5.74, 6) is 0. The maximum Gasteiger partial charge on any atom is 0.0814 e. The Morgan fingerprint density at radius 1 is 1.12 bits per heavy atom. The minimum atomic E-state index is 0.203. The third-order valence-corrected chi connectivity index (χ3v) is 6.16. The molecule has 0 aliphatic carbocycles. The molecule has 3 heterocycles. The van der Waals surface area contributed by atoms with Crippen LogP contribution >= 0.6 is 0 Å². The highest BCUT2D eigenvalue weighted by Crippen LogP contribution is 2.39. The van der Waals surface area contributed by atoms with Crippen LogP contribution in [0.5, 0.6) is 0 Å². The van der Waals surface area contributed by atoms with Gasteiger partial charge >= 0.3 is 0 Å². The molecule has 1 atom stereocenters. The lowest BCUT2D eigenvalue weighted by Gasteiger charge is -2.22. The Kier molecular flexibility index (Phi) is 5.36. The summed E-state index contributed by atoms with van der Waals surface area (Å²) in [7, 11) is 6.15. The molecule has 0 amide bonds. The summed E-state index contributed by atoms with van der Waals surface area (Å²) < 4.78 is 1.85. The van der Waals surface area contributed by atoms with Crippen molar-refractivity contribution in [2.24, 2.45) is 7.05 Å². The van der Waals surface area contributed by atoms with E-state index in [0.29, 0.717) is 0 Å². The van der Waals surface area contributed by atoms with E-state index in [0.717, 1.165) is 36.5 Å². The predicted octanol–water partition coefficient (Wildman–Crippen LogP) is 3.72. The van der Waals surface area contributed by atoms with Crippen molar-refractivity contribution in [1.29, 1.82) is 0 Å². The van der Waals surface area contributed by atoms with Crippen LogP contribution in [0.2, 0.25) is 0 Å². The van der Waals surface area contributed by atoms with Gasteiger partial charge in [-0.2, -0.15) is 5.10 Å². The lowest BCUT2D eigenvalue weighted by atomic mass is 9.93. The SMILES string of the molecule is CC1=C2c3ccc(-c4cnn(C)c4)cc3C(Nc3ccc(CN(C)C)cc3)CCN2NN1. The van der Waals surface area contributed by atoms with Gasteiger partial charge in [0.1, 0.15) is 0 Å². The van der Waals surface area contributed by atoms with Crippen LogP contribution in [0.3, 0.4) is 0 Å². The Hall–Kier alpha value is -3.29. The van der Waals surface area contributed by atoms with E-state index >= 15 is 0 Å². The van der Waals surface area contributed by atoms with Crippen LogP contribution in [0.25, 0.3) is 16.8 Å². The number of fused-ring (bicyclic) bond motifs is 3. The molecule has 2 aliphatic heterocycles. The van der Waals surface area contributed by atoms with Gasteiger partial charge in [-0.15, -0.1) is 5.53 Å². The summed E-state index contributed by atoms with van der Waals surface area (Å²) in [4.78, 5) is 2.19. The smallest absolute Gasteiger partial charge is 0.0814 e. The highest BCUT2D eigenvalue weighted by Gasteiger charge is 2.30. The Labute approximate surface area is 189 Å². The van der Waals surface area contributed by atoms with Gasteiger partial charge in [0.15, 0.2) is 0 Å². The maximum atomic E-state index is 4.36. The number of hydrogen-bond acceptors (Lipinski definition) is 6. The van der Waals surface area contributed by atoms with Crippen LogP contribution in [0.15, 0.2) is 60.6 Å². The van der Waals surface area contributed by atoms with Gasteiger partial charge in [0.05, 0.1) is 23.6 Å². The summed E-state index contributed by atoms with van der Waals surface area (Å²) in [5.41, 5.74) is 16.3. The van der Waals surface area contributed by atoms with Gasteiger partial charge in [-0.25, -0.2) is 0 Å². The Morgan fingerprint density at radius 3 is 2.66 bits per heavy atom. The van der Waals surface area contributed by atoms with Crippen molar-refractivity contribution in [1.82, 2.24) is 30.6 Å². The van der Waals surface area contributed by atoms with Crippen LogP contribution < -0.4 is 16.3 Å². The molecule has 0 saturated carbocycles. The molecule has 1 unspecified atom stereocenters. The topological polar surface area (TPSA) is 60.4 Å². The fraction of sp³-hybridized carbons (Fsp3) is 0.320. The lowest BCUT2D eigenvalue weighted by Crippen LogP contribution is -2.37. The molecule has 0 bridgehead atoms. The zero-order valence-corrected chi connectivity index (χ0v) is 19.2. The van der Waals surface area contributed by atoms with E-state index in [2.05, 4.69) is 101 Å². The zero-order valence-electron chi connectivity index (χ0n) is 19.2. The summed E-state index contributed by atoms with van der Waals surface area (Å²) in [6, 6.07) is 15.8. The van der Waals surface area contributed by atoms with Crippen LogP contribution in [0.4, 0.5) is 5.69 Å². The van der Waals surface area contributed by atoms with Crippen LogP contribution in [0, 0.1) is 0 Å². The number of benzene rings is 2. The monoisotopic (exact) mass is 429 g/mol. The molecule has 3 aromatic rings. The third-order valence-electron chi connectivity index (χ3n) is 6.16. The standard InChI is InChI=1S/C25H31N7/c1-17-25-22-10-7-19(20-14-26-31(4)16-20)13-23(22)24(11-12-32(25)29-28-17)27-21-8-5-18(6-9-21)15-30(2)3/h5-10,13-14,16,24,27-29H,11-12,15H2,1-4H3. The van der Waals surface area contributed by atoms with E-state index in [4.69, 9.17) is 0 Å². The predicted molar refractivity (Wildman–Crippen MR) is 129 cm³/mol. The molecule has 0 fully saturated rings. The van der Waals surface area contributed by atoms with Crippen LogP contribution in [-0.4, -0.2) is 40.3 Å². The number of hydrogen-bond donors (Lipinski definition) is 3. The van der Waals surface area contributed by atoms with Crippen molar-refractivity contribution in [2.75, 3.05) is 26.0 Å². The summed E-state index contributed by atoms with van der Waals surface area (Å²) in [5, 5.41) is 10.4. The molecule has 1 aromatic heterocycles. The summed E-state index contributed by atoms with van der Waals surface area (Å²) >= 11 is 0. The first kappa shape index (κ1) is 20.6. The van der Waals surface area contributed by atoms with E-state index < -0.39 is 0 Å². The molecule has 2 aliphatic rings. The number of aromatic nitrogens is 2.